The fourth-order valence-electron chi connectivity index (χ4n) is 1.61. The minimum Gasteiger partial charge on any atom is -0.348 e. The molecule has 2 heterocycles. The van der Waals surface area contributed by atoms with Crippen LogP contribution in [0.3, 0.4) is 0 Å². The lowest BCUT2D eigenvalue weighted by atomic mass is 10.2. The van der Waals surface area contributed by atoms with Crippen LogP contribution in [0.1, 0.15) is 11.3 Å². The largest absolute Gasteiger partial charge is 0.433 e. The molecular weight excluding hydrogens is 291 g/mol. The molecule has 1 saturated heterocycles. The Labute approximate surface area is 119 Å². The van der Waals surface area contributed by atoms with E-state index in [1.54, 1.807) is 23.9 Å². The molecule has 110 valence electrons. The van der Waals surface area contributed by atoms with Crippen molar-refractivity contribution in [1.82, 2.24) is 4.98 Å². The quantitative estimate of drug-likeness (QED) is 0.858. The van der Waals surface area contributed by atoms with E-state index in [0.29, 0.717) is 24.0 Å². The van der Waals surface area contributed by atoms with Crippen LogP contribution in [0, 0.1) is 0 Å². The third kappa shape index (κ3) is 4.22. The van der Waals surface area contributed by atoms with Gasteiger partial charge < -0.3 is 9.47 Å². The first-order valence-electron chi connectivity index (χ1n) is 5.96. The fourth-order valence-corrected chi connectivity index (χ4v) is 2.04. The molecule has 20 heavy (non-hydrogen) atoms. The van der Waals surface area contributed by atoms with E-state index >= 15 is 0 Å². The van der Waals surface area contributed by atoms with Crippen molar-refractivity contribution in [2.24, 2.45) is 0 Å². The van der Waals surface area contributed by atoms with Gasteiger partial charge in [0.25, 0.3) is 0 Å². The van der Waals surface area contributed by atoms with Crippen LogP contribution >= 0.6 is 11.8 Å². The average Bonchev–Trinajstić information content (AvgIpc) is 2.45. The average molecular weight is 305 g/mol. The Bertz CT molecular complexity index is 454. The first kappa shape index (κ1) is 15.3. The second-order valence-corrected chi connectivity index (χ2v) is 5.36. The number of ether oxygens (including phenoxy) is 2. The number of rotatable bonds is 3. The van der Waals surface area contributed by atoms with E-state index < -0.39 is 18.2 Å². The van der Waals surface area contributed by atoms with Crippen LogP contribution in [-0.4, -0.2) is 36.0 Å². The smallest absolute Gasteiger partial charge is 0.348 e. The van der Waals surface area contributed by atoms with Crippen LogP contribution < -0.4 is 0 Å². The minimum absolute atomic E-state index is 0.326. The molecular formula is C13H14F3NO2S. The molecule has 0 bridgehead atoms. The zero-order valence-electron chi connectivity index (χ0n) is 10.8. The summed E-state index contributed by atoms with van der Waals surface area (Å²) < 4.78 is 47.9. The Hall–Kier alpha value is -1.05. The van der Waals surface area contributed by atoms with Crippen molar-refractivity contribution in [3.8, 4) is 0 Å². The molecule has 0 atom stereocenters. The standard InChI is InChI=1S/C13H14F3NO2S/c1-20-10-7-18-12(19-8-10)5-3-9-2-4-11(17-6-9)13(14,15)16/h2-6,10,12H,7-8H2,1H3. The maximum Gasteiger partial charge on any atom is 0.433 e. The zero-order chi connectivity index (χ0) is 14.6. The second kappa shape index (κ2) is 6.60. The van der Waals surface area contributed by atoms with Crippen molar-refractivity contribution in [2.45, 2.75) is 17.7 Å². The molecule has 0 amide bonds. The van der Waals surface area contributed by atoms with E-state index in [9.17, 15) is 13.2 Å². The Morgan fingerprint density at radius 3 is 2.50 bits per heavy atom. The summed E-state index contributed by atoms with van der Waals surface area (Å²) in [6, 6.07) is 2.31. The maximum absolute atomic E-state index is 12.3. The molecule has 1 aromatic heterocycles. The second-order valence-electron chi connectivity index (χ2n) is 4.23. The predicted octanol–water partition coefficient (Wildman–Crippen LogP) is 3.22. The maximum atomic E-state index is 12.3. The van der Waals surface area contributed by atoms with E-state index in [-0.39, 0.29) is 0 Å². The van der Waals surface area contributed by atoms with Crippen molar-refractivity contribution in [3.05, 3.63) is 35.7 Å². The van der Waals surface area contributed by atoms with Crippen molar-refractivity contribution >= 4 is 17.8 Å². The van der Waals surface area contributed by atoms with Gasteiger partial charge >= 0.3 is 6.18 Å². The lowest BCUT2D eigenvalue weighted by Gasteiger charge is -2.26. The number of alkyl halides is 3. The van der Waals surface area contributed by atoms with E-state index in [1.807, 2.05) is 6.26 Å². The summed E-state index contributed by atoms with van der Waals surface area (Å²) in [5.41, 5.74) is -0.334. The van der Waals surface area contributed by atoms with Gasteiger partial charge in [-0.2, -0.15) is 24.9 Å². The number of hydrogen-bond acceptors (Lipinski definition) is 4. The van der Waals surface area contributed by atoms with E-state index in [1.165, 1.54) is 12.3 Å². The molecule has 3 nitrogen and oxygen atoms in total. The SMILES string of the molecule is CSC1COC(C=Cc2ccc(C(F)(F)F)nc2)OC1. The van der Waals surface area contributed by atoms with Gasteiger partial charge in [0.2, 0.25) is 0 Å². The van der Waals surface area contributed by atoms with Gasteiger partial charge in [-0.3, -0.25) is 4.98 Å². The van der Waals surface area contributed by atoms with Crippen molar-refractivity contribution < 1.29 is 22.6 Å². The molecule has 2 rings (SSSR count). The third-order valence-corrected chi connectivity index (χ3v) is 3.69. The van der Waals surface area contributed by atoms with Crippen LogP contribution in [-0.2, 0) is 15.7 Å². The van der Waals surface area contributed by atoms with E-state index in [0.717, 1.165) is 6.07 Å². The summed E-state index contributed by atoms with van der Waals surface area (Å²) in [6.07, 6.45) is 1.59. The van der Waals surface area contributed by atoms with Gasteiger partial charge in [0.15, 0.2) is 6.29 Å². The first-order valence-corrected chi connectivity index (χ1v) is 7.25. The Morgan fingerprint density at radius 2 is 2.00 bits per heavy atom. The molecule has 7 heteroatoms. The number of thioether (sulfide) groups is 1. The van der Waals surface area contributed by atoms with Crippen LogP contribution in [0.5, 0.6) is 0 Å². The molecule has 0 spiro atoms. The summed E-state index contributed by atoms with van der Waals surface area (Å²) >= 11 is 1.68. The highest BCUT2D eigenvalue weighted by molar-refractivity contribution is 7.99. The highest BCUT2D eigenvalue weighted by Crippen LogP contribution is 2.27. The highest BCUT2D eigenvalue weighted by atomic mass is 32.2. The number of hydrogen-bond donors (Lipinski definition) is 0. The molecule has 1 aliphatic heterocycles. The summed E-state index contributed by atoms with van der Waals surface area (Å²) in [5.74, 6) is 0. The van der Waals surface area contributed by atoms with Crippen molar-refractivity contribution in [3.63, 3.8) is 0 Å². The molecule has 1 aromatic rings. The molecule has 0 aliphatic carbocycles. The Morgan fingerprint density at radius 1 is 1.30 bits per heavy atom. The highest BCUT2D eigenvalue weighted by Gasteiger charge is 2.31. The summed E-state index contributed by atoms with van der Waals surface area (Å²) in [7, 11) is 0. The van der Waals surface area contributed by atoms with Gasteiger partial charge in [0, 0.05) is 6.20 Å². The van der Waals surface area contributed by atoms with Crippen LogP contribution in [0.2, 0.25) is 0 Å². The molecule has 0 saturated carbocycles. The summed E-state index contributed by atoms with van der Waals surface area (Å²) in [6.45, 7) is 1.20. The van der Waals surface area contributed by atoms with Gasteiger partial charge in [-0.05, 0) is 24.0 Å². The number of aromatic nitrogens is 1. The molecule has 1 aliphatic rings. The molecule has 0 unspecified atom stereocenters. The molecule has 0 aromatic carbocycles. The van der Waals surface area contributed by atoms with E-state index in [4.69, 9.17) is 9.47 Å². The van der Waals surface area contributed by atoms with Gasteiger partial charge in [0.1, 0.15) is 5.69 Å². The van der Waals surface area contributed by atoms with Gasteiger partial charge in [-0.1, -0.05) is 12.1 Å². The molecule has 1 fully saturated rings. The van der Waals surface area contributed by atoms with Crippen LogP contribution in [0.25, 0.3) is 6.08 Å². The van der Waals surface area contributed by atoms with Gasteiger partial charge in [0.05, 0.1) is 18.5 Å². The Balaban J connectivity index is 1.92. The zero-order valence-corrected chi connectivity index (χ0v) is 11.6. The summed E-state index contributed by atoms with van der Waals surface area (Å²) in [5, 5.41) is 0.326. The lowest BCUT2D eigenvalue weighted by Crippen LogP contribution is -2.32. The first-order chi connectivity index (χ1) is 9.49. The fraction of sp³-hybridized carbons (Fsp3) is 0.462. The van der Waals surface area contributed by atoms with Crippen LogP contribution in [0.4, 0.5) is 13.2 Å². The van der Waals surface area contributed by atoms with Crippen molar-refractivity contribution in [1.29, 1.82) is 0 Å². The topological polar surface area (TPSA) is 31.4 Å². The third-order valence-electron chi connectivity index (χ3n) is 2.75. The van der Waals surface area contributed by atoms with Crippen molar-refractivity contribution in [2.75, 3.05) is 19.5 Å². The number of pyridine rings is 1. The van der Waals surface area contributed by atoms with Crippen LogP contribution in [0.15, 0.2) is 24.4 Å². The minimum atomic E-state index is -4.41. The molecule has 0 radical (unpaired) electrons. The van der Waals surface area contributed by atoms with Gasteiger partial charge in [-0.25, -0.2) is 0 Å². The van der Waals surface area contributed by atoms with E-state index in [2.05, 4.69) is 4.98 Å². The number of halogens is 3. The predicted molar refractivity (Wildman–Crippen MR) is 71.3 cm³/mol. The Kier molecular flexibility index (Phi) is 5.06. The molecule has 0 N–H and O–H groups in total. The number of nitrogens with zero attached hydrogens (tertiary/aromatic N) is 1. The monoisotopic (exact) mass is 305 g/mol. The summed E-state index contributed by atoms with van der Waals surface area (Å²) in [4.78, 5) is 3.38. The van der Waals surface area contributed by atoms with Gasteiger partial charge in [-0.15, -0.1) is 0 Å². The lowest BCUT2D eigenvalue weighted by molar-refractivity contribution is -0.146. The normalized spacial score (nSPS) is 24.2.